The third-order valence-corrected chi connectivity index (χ3v) is 5.30. The summed E-state index contributed by atoms with van der Waals surface area (Å²) in [5, 5.41) is 4.78. The van der Waals surface area contributed by atoms with Gasteiger partial charge < -0.3 is 9.13 Å². The monoisotopic (exact) mass is 425 g/mol. The van der Waals surface area contributed by atoms with Crippen LogP contribution in [0.5, 0.6) is 0 Å². The number of halogens is 1. The van der Waals surface area contributed by atoms with Crippen LogP contribution in [0.4, 0.5) is 0 Å². The third kappa shape index (κ3) is 5.79. The van der Waals surface area contributed by atoms with Crippen molar-refractivity contribution in [1.82, 2.24) is 19.1 Å². The van der Waals surface area contributed by atoms with Gasteiger partial charge in [0.2, 0.25) is 0 Å². The van der Waals surface area contributed by atoms with Crippen LogP contribution in [0.25, 0.3) is 0 Å². The Morgan fingerprint density at radius 1 is 0.885 bits per heavy atom. The Kier molecular flexibility index (Phi) is 7.02. The summed E-state index contributed by atoms with van der Waals surface area (Å²) in [6.45, 7) is 7.75. The molecule has 0 saturated heterocycles. The second kappa shape index (κ2) is 8.07. The van der Waals surface area contributed by atoms with Crippen LogP contribution in [0.1, 0.15) is 51.2 Å². The van der Waals surface area contributed by atoms with Gasteiger partial charge in [-0.1, -0.05) is 27.7 Å². The Morgan fingerprint density at radius 3 is 1.42 bits per heavy atom. The lowest BCUT2D eigenvalue weighted by atomic mass is 10.2. The Bertz CT molecular complexity index is 895. The molecule has 0 fully saturated rings. The zero-order chi connectivity index (χ0) is 20.4. The molecule has 2 aromatic heterocycles. The molecular weight excluding hydrogens is 402 g/mol. The van der Waals surface area contributed by atoms with Crippen LogP contribution in [0, 0.1) is 0 Å². The fraction of sp³-hybridized carbons (Fsp3) is 0.571. The summed E-state index contributed by atoms with van der Waals surface area (Å²) in [6, 6.07) is 0. The smallest absolute Gasteiger partial charge is 0.280 e. The fourth-order valence-electron chi connectivity index (χ4n) is 2.23. The lowest BCUT2D eigenvalue weighted by Gasteiger charge is -2.02. The second-order valence-electron chi connectivity index (χ2n) is 6.39. The van der Waals surface area contributed by atoms with E-state index in [0.717, 1.165) is 0 Å². The maximum Gasteiger partial charge on any atom is 0.280 e. The second-order valence-corrected chi connectivity index (χ2v) is 10.4. The Morgan fingerprint density at radius 2 is 1.23 bits per heavy atom. The van der Waals surface area contributed by atoms with Crippen molar-refractivity contribution in [3.8, 4) is 0 Å². The average molecular weight is 426 g/mol. The van der Waals surface area contributed by atoms with E-state index in [2.05, 4.69) is 9.97 Å². The maximum absolute atomic E-state index is 10.9. The highest BCUT2D eigenvalue weighted by Crippen LogP contribution is 2.18. The van der Waals surface area contributed by atoms with Crippen LogP contribution in [0.2, 0.25) is 0 Å². The van der Waals surface area contributed by atoms with E-state index in [1.54, 1.807) is 23.2 Å². The van der Waals surface area contributed by atoms with Gasteiger partial charge in [-0.25, -0.2) is 31.9 Å². The van der Waals surface area contributed by atoms with Crippen molar-refractivity contribution in [3.05, 3.63) is 24.0 Å². The molecule has 0 radical (unpaired) electrons. The summed E-state index contributed by atoms with van der Waals surface area (Å²) in [7, 11) is 1.27. The zero-order valence-electron chi connectivity index (χ0n) is 15.5. The highest BCUT2D eigenvalue weighted by atomic mass is 35.7. The van der Waals surface area contributed by atoms with Gasteiger partial charge in [-0.3, -0.25) is 0 Å². The largest absolute Gasteiger partial charge is 0.336 e. The van der Waals surface area contributed by atoms with Gasteiger partial charge in [-0.05, 0) is 0 Å². The van der Waals surface area contributed by atoms with Gasteiger partial charge in [0.05, 0.1) is 0 Å². The Balaban J connectivity index is 0.000000260. The first-order valence-electron chi connectivity index (χ1n) is 7.68. The first kappa shape index (κ1) is 22.6. The summed E-state index contributed by atoms with van der Waals surface area (Å²) in [5.74, 6) is 1.78. The number of hydrogen-bond donors (Lipinski definition) is 1. The molecule has 148 valence electrons. The summed E-state index contributed by atoms with van der Waals surface area (Å²) in [6.07, 6.45) is 2.84. The van der Waals surface area contributed by atoms with Crippen LogP contribution >= 0.6 is 10.7 Å². The molecule has 0 spiro atoms. The maximum atomic E-state index is 10.9. The van der Waals surface area contributed by atoms with Crippen molar-refractivity contribution in [1.29, 1.82) is 0 Å². The summed E-state index contributed by atoms with van der Waals surface area (Å²) < 4.78 is 47.0. The van der Waals surface area contributed by atoms with E-state index in [1.165, 1.54) is 12.4 Å². The van der Waals surface area contributed by atoms with Gasteiger partial charge in [0.15, 0.2) is 10.1 Å². The number of aryl methyl sites for hydroxylation is 2. The normalized spacial score (nSPS) is 12.4. The van der Waals surface area contributed by atoms with E-state index in [9.17, 15) is 16.8 Å². The van der Waals surface area contributed by atoms with Gasteiger partial charge in [0, 0.05) is 49.0 Å². The lowest BCUT2D eigenvalue weighted by Crippen LogP contribution is -2.12. The van der Waals surface area contributed by atoms with E-state index in [1.807, 2.05) is 27.7 Å². The van der Waals surface area contributed by atoms with Gasteiger partial charge in [-0.2, -0.15) is 0 Å². The third-order valence-electron chi connectivity index (χ3n) is 3.35. The quantitative estimate of drug-likeness (QED) is 0.741. The fourth-order valence-corrected chi connectivity index (χ4v) is 3.47. The summed E-state index contributed by atoms with van der Waals surface area (Å²) in [5.41, 5.74) is 0. The first-order chi connectivity index (χ1) is 11.6. The van der Waals surface area contributed by atoms with Crippen molar-refractivity contribution in [2.45, 2.75) is 49.6 Å². The van der Waals surface area contributed by atoms with Crippen LogP contribution in [0.15, 0.2) is 22.4 Å². The van der Waals surface area contributed by atoms with Crippen LogP contribution < -0.4 is 5.14 Å². The molecule has 0 saturated carbocycles. The predicted molar refractivity (Wildman–Crippen MR) is 99.0 cm³/mol. The summed E-state index contributed by atoms with van der Waals surface area (Å²) >= 11 is 0. The predicted octanol–water partition coefficient (Wildman–Crippen LogP) is 1.66. The van der Waals surface area contributed by atoms with E-state index in [-0.39, 0.29) is 21.9 Å². The Labute approximate surface area is 158 Å². The van der Waals surface area contributed by atoms with E-state index in [4.69, 9.17) is 15.8 Å². The lowest BCUT2D eigenvalue weighted by molar-refractivity contribution is 0.594. The highest BCUT2D eigenvalue weighted by molar-refractivity contribution is 8.13. The average Bonchev–Trinajstić information content (AvgIpc) is 3.01. The molecule has 2 N–H and O–H groups in total. The number of rotatable bonds is 4. The summed E-state index contributed by atoms with van der Waals surface area (Å²) in [4.78, 5) is 7.85. The minimum Gasteiger partial charge on any atom is -0.336 e. The number of aromatic nitrogens is 4. The van der Waals surface area contributed by atoms with E-state index >= 15 is 0 Å². The van der Waals surface area contributed by atoms with Gasteiger partial charge >= 0.3 is 0 Å². The van der Waals surface area contributed by atoms with Gasteiger partial charge in [-0.15, -0.1) is 0 Å². The minimum absolute atomic E-state index is 0.0706. The standard InChI is InChI=1S/C7H11ClN2O2S.C7H13N3O2S/c2*1-5(2)7-9-6(4-10(7)3)13(8,11)12/h4-5H,1-3H3;4-5H,1-3H3,(H2,8,11,12). The number of primary sulfonamides is 1. The molecule has 0 amide bonds. The molecule has 0 aliphatic heterocycles. The van der Waals surface area contributed by atoms with E-state index < -0.39 is 19.1 Å². The SMILES string of the molecule is CC(C)c1nc(S(=O)(=O)Cl)cn1C.CC(C)c1nc(S(N)(=O)=O)cn1C. The molecule has 26 heavy (non-hydrogen) atoms. The molecular formula is C14H24ClN5O4S2. The van der Waals surface area contributed by atoms with Gasteiger partial charge in [0.1, 0.15) is 11.6 Å². The zero-order valence-corrected chi connectivity index (χ0v) is 17.9. The number of sulfonamides is 1. The molecule has 2 heterocycles. The minimum atomic E-state index is -3.70. The topological polar surface area (TPSA) is 130 Å². The molecule has 0 aromatic carbocycles. The number of hydrogen-bond acceptors (Lipinski definition) is 6. The first-order valence-corrected chi connectivity index (χ1v) is 11.5. The molecule has 0 aliphatic rings. The van der Waals surface area contributed by atoms with Crippen molar-refractivity contribution in [2.75, 3.05) is 0 Å². The van der Waals surface area contributed by atoms with Crippen molar-refractivity contribution < 1.29 is 16.8 Å². The van der Waals surface area contributed by atoms with Crippen molar-refractivity contribution in [3.63, 3.8) is 0 Å². The molecule has 0 bridgehead atoms. The number of nitrogens with zero attached hydrogens (tertiary/aromatic N) is 4. The molecule has 0 atom stereocenters. The molecule has 2 rings (SSSR count). The van der Waals surface area contributed by atoms with Crippen molar-refractivity contribution >= 4 is 29.8 Å². The van der Waals surface area contributed by atoms with Gasteiger partial charge in [0.25, 0.3) is 19.1 Å². The molecule has 12 heteroatoms. The highest BCUT2D eigenvalue weighted by Gasteiger charge is 2.18. The number of nitrogens with two attached hydrogens (primary N) is 1. The van der Waals surface area contributed by atoms with Crippen LogP contribution in [-0.2, 0) is 33.2 Å². The Hall–Kier alpha value is -1.43. The number of imidazole rings is 2. The molecule has 0 unspecified atom stereocenters. The van der Waals surface area contributed by atoms with Crippen molar-refractivity contribution in [2.24, 2.45) is 19.2 Å². The van der Waals surface area contributed by atoms with Crippen LogP contribution in [-0.4, -0.2) is 35.9 Å². The molecule has 0 aliphatic carbocycles. The molecule has 2 aromatic rings. The van der Waals surface area contributed by atoms with E-state index in [0.29, 0.717) is 11.6 Å². The molecule has 9 nitrogen and oxygen atoms in total. The van der Waals surface area contributed by atoms with Crippen LogP contribution in [0.3, 0.4) is 0 Å².